The van der Waals surface area contributed by atoms with Crippen LogP contribution in [0.3, 0.4) is 0 Å². The predicted octanol–water partition coefficient (Wildman–Crippen LogP) is 6.38. The predicted molar refractivity (Wildman–Crippen MR) is 125 cm³/mol. The molecule has 12 heteroatoms. The monoisotopic (exact) mass is 536 g/mol. The van der Waals surface area contributed by atoms with Crippen LogP contribution in [0.2, 0.25) is 5.15 Å². The van der Waals surface area contributed by atoms with Crippen molar-refractivity contribution in [3.63, 3.8) is 0 Å². The number of carbonyl (C=O) groups excluding carboxylic acids is 1. The molecule has 0 bridgehead atoms. The van der Waals surface area contributed by atoms with Crippen molar-refractivity contribution in [2.75, 3.05) is 6.54 Å². The van der Waals surface area contributed by atoms with Crippen molar-refractivity contribution in [3.8, 4) is 11.6 Å². The summed E-state index contributed by atoms with van der Waals surface area (Å²) in [5, 5.41) is 2.71. The molecule has 1 atom stereocenters. The van der Waals surface area contributed by atoms with E-state index in [0.29, 0.717) is 18.4 Å². The molecule has 1 aliphatic carbocycles. The molecule has 0 aromatic carbocycles. The second kappa shape index (κ2) is 11.7. The van der Waals surface area contributed by atoms with E-state index in [2.05, 4.69) is 26.9 Å². The Morgan fingerprint density at radius 3 is 2.53 bits per heavy atom. The van der Waals surface area contributed by atoms with Gasteiger partial charge in [0.2, 0.25) is 0 Å². The maximum absolute atomic E-state index is 13.2. The molecule has 1 amide bonds. The first kappa shape index (κ1) is 28.1. The lowest BCUT2D eigenvalue weighted by molar-refractivity contribution is -0.169. The number of carbonyl (C=O) groups is 1. The van der Waals surface area contributed by atoms with Crippen LogP contribution in [-0.2, 0) is 12.8 Å². The zero-order valence-corrected chi connectivity index (χ0v) is 21.1. The molecule has 0 unspecified atom stereocenters. The highest BCUT2D eigenvalue weighted by Gasteiger charge is 2.36. The first-order valence-electron chi connectivity index (χ1n) is 12.0. The first-order chi connectivity index (χ1) is 16.9. The highest BCUT2D eigenvalue weighted by Crippen LogP contribution is 2.33. The Kier molecular flexibility index (Phi) is 9.18. The molecule has 2 heterocycles. The van der Waals surface area contributed by atoms with E-state index in [1.165, 1.54) is 4.57 Å². The largest absolute Gasteiger partial charge is 0.431 e. The van der Waals surface area contributed by atoms with Gasteiger partial charge in [-0.15, -0.1) is 0 Å². The third kappa shape index (κ3) is 6.86. The maximum Gasteiger partial charge on any atom is 0.391 e. The van der Waals surface area contributed by atoms with Gasteiger partial charge in [0, 0.05) is 19.2 Å². The summed E-state index contributed by atoms with van der Waals surface area (Å²) in [6.07, 6.45) is 0.735. The summed E-state index contributed by atoms with van der Waals surface area (Å²) in [7, 11) is 0. The quantitative estimate of drug-likeness (QED) is 0.377. The van der Waals surface area contributed by atoms with Crippen LogP contribution in [0.5, 0.6) is 5.75 Å². The summed E-state index contributed by atoms with van der Waals surface area (Å²) in [6, 6.07) is 1.08. The van der Waals surface area contributed by atoms with Crippen molar-refractivity contribution >= 4 is 17.5 Å². The fraction of sp³-hybridized carbons (Fsp3) is 0.625. The number of amides is 1. The fourth-order valence-corrected chi connectivity index (χ4v) is 4.61. The molecule has 2 aromatic rings. The molecule has 0 saturated heterocycles. The lowest BCUT2D eigenvalue weighted by Crippen LogP contribution is -2.31. The molecule has 1 aliphatic rings. The molecule has 3 rings (SSSR count). The van der Waals surface area contributed by atoms with Crippen LogP contribution in [0, 0.1) is 17.8 Å². The second-order valence-electron chi connectivity index (χ2n) is 9.38. The summed E-state index contributed by atoms with van der Waals surface area (Å²) < 4.78 is 71.1. The van der Waals surface area contributed by atoms with Gasteiger partial charge in [0.05, 0.1) is 5.92 Å². The number of aromatic nitrogens is 3. The Bertz CT molecular complexity index is 1050. The van der Waals surface area contributed by atoms with Gasteiger partial charge < -0.3 is 10.1 Å². The number of alkyl halides is 5. The number of imidazole rings is 1. The van der Waals surface area contributed by atoms with E-state index in [1.54, 1.807) is 6.92 Å². The van der Waals surface area contributed by atoms with E-state index in [0.717, 1.165) is 44.9 Å². The number of hydrogen-bond acceptors (Lipinski definition) is 4. The average molecular weight is 537 g/mol. The molecular weight excluding hydrogens is 507 g/mol. The van der Waals surface area contributed by atoms with E-state index < -0.39 is 36.8 Å². The molecule has 6 nitrogen and oxygen atoms in total. The third-order valence-corrected chi connectivity index (χ3v) is 6.87. The molecular formula is C24H30ClF5N4O2. The van der Waals surface area contributed by atoms with Crippen molar-refractivity contribution in [2.24, 2.45) is 17.8 Å². The minimum atomic E-state index is -4.45. The highest BCUT2D eigenvalue weighted by atomic mass is 35.5. The molecule has 1 fully saturated rings. The van der Waals surface area contributed by atoms with Crippen molar-refractivity contribution in [3.05, 3.63) is 34.5 Å². The van der Waals surface area contributed by atoms with Gasteiger partial charge in [-0.3, -0.25) is 9.36 Å². The molecule has 0 aliphatic heterocycles. The van der Waals surface area contributed by atoms with E-state index in [-0.39, 0.29) is 34.5 Å². The lowest BCUT2D eigenvalue weighted by Gasteiger charge is -2.26. The Hall–Kier alpha value is -2.43. The molecule has 1 saturated carbocycles. The van der Waals surface area contributed by atoms with Gasteiger partial charge in [-0.25, -0.2) is 9.97 Å². The zero-order chi connectivity index (χ0) is 26.6. The zero-order valence-electron chi connectivity index (χ0n) is 20.3. The van der Waals surface area contributed by atoms with Crippen LogP contribution in [-0.4, -0.2) is 39.8 Å². The van der Waals surface area contributed by atoms with Crippen LogP contribution in [0.1, 0.15) is 68.3 Å². The van der Waals surface area contributed by atoms with Crippen LogP contribution in [0.25, 0.3) is 5.82 Å². The number of nitrogens with one attached hydrogen (secondary N) is 1. The molecule has 0 radical (unpaired) electrons. The van der Waals surface area contributed by atoms with Gasteiger partial charge in [-0.1, -0.05) is 45.2 Å². The van der Waals surface area contributed by atoms with Gasteiger partial charge in [0.1, 0.15) is 11.0 Å². The minimum absolute atomic E-state index is 0.0632. The normalized spacial score (nSPS) is 19.4. The topological polar surface area (TPSA) is 69.0 Å². The Morgan fingerprint density at radius 2 is 1.94 bits per heavy atom. The summed E-state index contributed by atoms with van der Waals surface area (Å²) in [5.74, 6) is -1.57. The molecule has 1 N–H and O–H groups in total. The number of halogens is 6. The van der Waals surface area contributed by atoms with Gasteiger partial charge in [0.15, 0.2) is 17.3 Å². The fourth-order valence-electron chi connectivity index (χ4n) is 4.30. The molecule has 0 spiro atoms. The van der Waals surface area contributed by atoms with Crippen LogP contribution in [0.15, 0.2) is 12.3 Å². The maximum atomic E-state index is 13.2. The smallest absolute Gasteiger partial charge is 0.391 e. The number of nitrogens with zero attached hydrogens (tertiary/aromatic N) is 3. The van der Waals surface area contributed by atoms with Gasteiger partial charge in [-0.05, 0) is 42.7 Å². The number of hydrogen-bond donors (Lipinski definition) is 1. The van der Waals surface area contributed by atoms with Gasteiger partial charge in [0.25, 0.3) is 5.91 Å². The number of aryl methyl sites for hydroxylation is 1. The SMILES string of the molecule is CCc1nc(C(=O)NCC2CCC(C)CC2)c(Cl)n1-c1ncc(C[C@H](C)C(F)(F)F)cc1OC(F)F. The average Bonchev–Trinajstić information content (AvgIpc) is 3.14. The van der Waals surface area contributed by atoms with Crippen molar-refractivity contribution < 1.29 is 31.5 Å². The Balaban J connectivity index is 1.89. The van der Waals surface area contributed by atoms with Crippen LogP contribution < -0.4 is 10.1 Å². The Morgan fingerprint density at radius 1 is 1.28 bits per heavy atom. The van der Waals surface area contributed by atoms with Gasteiger partial charge >= 0.3 is 12.8 Å². The van der Waals surface area contributed by atoms with E-state index in [1.807, 2.05) is 0 Å². The number of pyridine rings is 1. The van der Waals surface area contributed by atoms with Crippen molar-refractivity contribution in [2.45, 2.75) is 72.1 Å². The third-order valence-electron chi connectivity index (χ3n) is 6.53. The highest BCUT2D eigenvalue weighted by molar-refractivity contribution is 6.32. The lowest BCUT2D eigenvalue weighted by atomic mass is 9.83. The molecule has 36 heavy (non-hydrogen) atoms. The van der Waals surface area contributed by atoms with Crippen LogP contribution in [0.4, 0.5) is 22.0 Å². The standard InChI is InChI=1S/C24H30ClF5N4O2/c1-4-18-33-19(22(35)32-11-15-7-5-13(2)6-8-15)20(25)34(18)21-17(36-23(26)27)10-16(12-31-21)9-14(3)24(28,29)30/h10,12-15,23H,4-9,11H2,1-3H3,(H,32,35)/t13?,14-,15?/m0/s1. The van der Waals surface area contributed by atoms with Gasteiger partial charge in [-0.2, -0.15) is 22.0 Å². The molecule has 2 aromatic heterocycles. The summed E-state index contributed by atoms with van der Waals surface area (Å²) >= 11 is 6.48. The summed E-state index contributed by atoms with van der Waals surface area (Å²) in [5.41, 5.74) is -0.0226. The van der Waals surface area contributed by atoms with Crippen molar-refractivity contribution in [1.29, 1.82) is 0 Å². The van der Waals surface area contributed by atoms with Crippen molar-refractivity contribution in [1.82, 2.24) is 19.9 Å². The summed E-state index contributed by atoms with van der Waals surface area (Å²) in [4.78, 5) is 21.2. The second-order valence-corrected chi connectivity index (χ2v) is 9.74. The molecule has 200 valence electrons. The summed E-state index contributed by atoms with van der Waals surface area (Å²) in [6.45, 7) is 2.14. The van der Waals surface area contributed by atoms with E-state index in [4.69, 9.17) is 11.6 Å². The minimum Gasteiger partial charge on any atom is -0.431 e. The van der Waals surface area contributed by atoms with E-state index >= 15 is 0 Å². The number of rotatable bonds is 9. The first-order valence-corrected chi connectivity index (χ1v) is 12.3. The van der Waals surface area contributed by atoms with Crippen LogP contribution >= 0.6 is 11.6 Å². The van der Waals surface area contributed by atoms with E-state index in [9.17, 15) is 26.7 Å². The Labute approximate surface area is 211 Å². The number of ether oxygens (including phenoxy) is 1.